The fourth-order valence-electron chi connectivity index (χ4n) is 2.37. The zero-order valence-corrected chi connectivity index (χ0v) is 10.7. The Morgan fingerprint density at radius 3 is 3.00 bits per heavy atom. The van der Waals surface area contributed by atoms with Crippen molar-refractivity contribution in [2.45, 2.75) is 26.2 Å². The summed E-state index contributed by atoms with van der Waals surface area (Å²) in [6, 6.07) is 9.03. The Morgan fingerprint density at radius 2 is 2.22 bits per heavy atom. The number of benzene rings is 1. The van der Waals surface area contributed by atoms with Crippen molar-refractivity contribution in [3.05, 3.63) is 35.4 Å². The lowest BCUT2D eigenvalue weighted by Crippen LogP contribution is -2.32. The number of amides is 1. The fourth-order valence-corrected chi connectivity index (χ4v) is 2.37. The number of nitrogens with zero attached hydrogens (tertiary/aromatic N) is 2. The summed E-state index contributed by atoms with van der Waals surface area (Å²) >= 11 is 0. The molecule has 1 saturated heterocycles. The molecular weight excluding hydrogens is 224 g/mol. The Balaban J connectivity index is 2.12. The molecule has 1 unspecified atom stereocenters. The van der Waals surface area contributed by atoms with E-state index in [1.165, 1.54) is 6.42 Å². The van der Waals surface area contributed by atoms with Gasteiger partial charge in [0.1, 0.15) is 0 Å². The molecule has 18 heavy (non-hydrogen) atoms. The number of carbonyl (C=O) groups excluding carboxylic acids is 1. The van der Waals surface area contributed by atoms with Crippen LogP contribution < -0.4 is 0 Å². The highest BCUT2D eigenvalue weighted by atomic mass is 16.2. The molecule has 2 rings (SSSR count). The van der Waals surface area contributed by atoms with Gasteiger partial charge < -0.3 is 4.90 Å². The summed E-state index contributed by atoms with van der Waals surface area (Å²) in [5.74, 6) is 0.759. The molecule has 3 heteroatoms. The van der Waals surface area contributed by atoms with Crippen LogP contribution in [0.15, 0.2) is 24.3 Å². The van der Waals surface area contributed by atoms with Crippen LogP contribution in [0.25, 0.3) is 0 Å². The molecule has 1 aliphatic rings. The topological polar surface area (TPSA) is 44.1 Å². The maximum atomic E-state index is 12.3. The smallest absolute Gasteiger partial charge is 0.253 e. The van der Waals surface area contributed by atoms with E-state index < -0.39 is 0 Å². The lowest BCUT2D eigenvalue weighted by Gasteiger charge is -2.20. The van der Waals surface area contributed by atoms with Crippen LogP contribution in [0.2, 0.25) is 0 Å². The minimum atomic E-state index is 0.0567. The van der Waals surface area contributed by atoms with Crippen molar-refractivity contribution in [2.24, 2.45) is 5.92 Å². The molecule has 1 aromatic carbocycles. The van der Waals surface area contributed by atoms with E-state index in [-0.39, 0.29) is 5.91 Å². The third-order valence-corrected chi connectivity index (χ3v) is 3.54. The zero-order valence-electron chi connectivity index (χ0n) is 10.7. The van der Waals surface area contributed by atoms with Crippen molar-refractivity contribution < 1.29 is 4.79 Å². The van der Waals surface area contributed by atoms with Crippen LogP contribution in [0.4, 0.5) is 0 Å². The average molecular weight is 242 g/mol. The van der Waals surface area contributed by atoms with E-state index in [2.05, 4.69) is 13.0 Å². The first-order valence-corrected chi connectivity index (χ1v) is 6.50. The first kappa shape index (κ1) is 12.6. The highest BCUT2D eigenvalue weighted by Crippen LogP contribution is 2.18. The molecule has 1 aromatic rings. The Hall–Kier alpha value is -1.82. The third-order valence-electron chi connectivity index (χ3n) is 3.54. The number of hydrogen-bond acceptors (Lipinski definition) is 2. The minimum absolute atomic E-state index is 0.0567. The van der Waals surface area contributed by atoms with E-state index in [4.69, 9.17) is 5.26 Å². The standard InChI is InChI=1S/C15H18N2O/c1-12-4-3-8-17(9-7-12)15(18)14-6-2-5-13(10-14)11-16/h2,5-6,10,12H,3-4,7-9H2,1H3. The first-order chi connectivity index (χ1) is 8.70. The van der Waals surface area contributed by atoms with Crippen LogP contribution in [-0.4, -0.2) is 23.9 Å². The van der Waals surface area contributed by atoms with Gasteiger partial charge in [-0.3, -0.25) is 4.79 Å². The lowest BCUT2D eigenvalue weighted by molar-refractivity contribution is 0.0760. The van der Waals surface area contributed by atoms with Gasteiger partial charge in [0, 0.05) is 18.7 Å². The van der Waals surface area contributed by atoms with Gasteiger partial charge in [0.25, 0.3) is 5.91 Å². The predicted octanol–water partition coefficient (Wildman–Crippen LogP) is 2.82. The van der Waals surface area contributed by atoms with Crippen molar-refractivity contribution >= 4 is 5.91 Å². The number of likely N-dealkylation sites (tertiary alicyclic amines) is 1. The van der Waals surface area contributed by atoms with E-state index in [1.807, 2.05) is 4.90 Å². The van der Waals surface area contributed by atoms with Gasteiger partial charge in [0.05, 0.1) is 11.6 Å². The molecule has 94 valence electrons. The van der Waals surface area contributed by atoms with Crippen LogP contribution in [0.5, 0.6) is 0 Å². The summed E-state index contributed by atoms with van der Waals surface area (Å²) in [4.78, 5) is 14.3. The molecule has 0 saturated carbocycles. The summed E-state index contributed by atoms with van der Waals surface area (Å²) in [6.07, 6.45) is 3.34. The summed E-state index contributed by atoms with van der Waals surface area (Å²) < 4.78 is 0. The van der Waals surface area contributed by atoms with Crippen molar-refractivity contribution in [3.8, 4) is 6.07 Å². The molecule has 0 aliphatic carbocycles. The third kappa shape index (κ3) is 2.89. The average Bonchev–Trinajstić information content (AvgIpc) is 2.63. The van der Waals surface area contributed by atoms with E-state index in [0.717, 1.165) is 25.9 Å². The fraction of sp³-hybridized carbons (Fsp3) is 0.467. The van der Waals surface area contributed by atoms with E-state index in [0.29, 0.717) is 17.0 Å². The maximum Gasteiger partial charge on any atom is 0.253 e. The lowest BCUT2D eigenvalue weighted by atomic mass is 10.0. The quantitative estimate of drug-likeness (QED) is 0.760. The highest BCUT2D eigenvalue weighted by Gasteiger charge is 2.19. The van der Waals surface area contributed by atoms with Gasteiger partial charge >= 0.3 is 0 Å². The second-order valence-electron chi connectivity index (χ2n) is 5.02. The largest absolute Gasteiger partial charge is 0.339 e. The summed E-state index contributed by atoms with van der Waals surface area (Å²) in [5.41, 5.74) is 1.17. The molecule has 1 aliphatic heterocycles. The molecular formula is C15H18N2O. The molecule has 0 N–H and O–H groups in total. The minimum Gasteiger partial charge on any atom is -0.339 e. The number of hydrogen-bond donors (Lipinski definition) is 0. The Labute approximate surface area is 108 Å². The zero-order chi connectivity index (χ0) is 13.0. The SMILES string of the molecule is CC1CCCN(C(=O)c2cccc(C#N)c2)CC1. The number of nitriles is 1. The Morgan fingerprint density at radius 1 is 1.39 bits per heavy atom. The van der Waals surface area contributed by atoms with Gasteiger partial charge in [-0.05, 0) is 43.4 Å². The second-order valence-corrected chi connectivity index (χ2v) is 5.02. The van der Waals surface area contributed by atoms with Crippen molar-refractivity contribution in [1.29, 1.82) is 5.26 Å². The number of carbonyl (C=O) groups is 1. The van der Waals surface area contributed by atoms with Gasteiger partial charge in [-0.25, -0.2) is 0 Å². The summed E-state index contributed by atoms with van der Waals surface area (Å²) in [7, 11) is 0. The van der Waals surface area contributed by atoms with E-state index in [1.54, 1.807) is 24.3 Å². The highest BCUT2D eigenvalue weighted by molar-refractivity contribution is 5.94. The molecule has 0 aromatic heterocycles. The molecule has 1 amide bonds. The van der Waals surface area contributed by atoms with E-state index in [9.17, 15) is 4.79 Å². The van der Waals surface area contributed by atoms with Gasteiger partial charge in [-0.2, -0.15) is 5.26 Å². The predicted molar refractivity (Wildman–Crippen MR) is 70.1 cm³/mol. The Kier molecular flexibility index (Phi) is 3.99. The van der Waals surface area contributed by atoms with Crippen LogP contribution >= 0.6 is 0 Å². The van der Waals surface area contributed by atoms with Gasteiger partial charge in [0.2, 0.25) is 0 Å². The van der Waals surface area contributed by atoms with Crippen LogP contribution in [0.3, 0.4) is 0 Å². The molecule has 0 radical (unpaired) electrons. The second kappa shape index (κ2) is 5.68. The molecule has 1 atom stereocenters. The van der Waals surface area contributed by atoms with Gasteiger partial charge in [0.15, 0.2) is 0 Å². The van der Waals surface area contributed by atoms with Crippen LogP contribution in [-0.2, 0) is 0 Å². The number of rotatable bonds is 1. The van der Waals surface area contributed by atoms with Crippen LogP contribution in [0, 0.1) is 17.2 Å². The molecule has 1 fully saturated rings. The van der Waals surface area contributed by atoms with Crippen molar-refractivity contribution in [2.75, 3.05) is 13.1 Å². The monoisotopic (exact) mass is 242 g/mol. The summed E-state index contributed by atoms with van der Waals surface area (Å²) in [5, 5.41) is 8.86. The molecule has 0 bridgehead atoms. The first-order valence-electron chi connectivity index (χ1n) is 6.50. The van der Waals surface area contributed by atoms with Crippen molar-refractivity contribution in [1.82, 2.24) is 4.90 Å². The van der Waals surface area contributed by atoms with Gasteiger partial charge in [-0.15, -0.1) is 0 Å². The van der Waals surface area contributed by atoms with Crippen molar-refractivity contribution in [3.63, 3.8) is 0 Å². The normalized spacial score (nSPS) is 20.0. The summed E-state index contributed by atoms with van der Waals surface area (Å²) in [6.45, 7) is 3.90. The molecule has 1 heterocycles. The molecule has 0 spiro atoms. The Bertz CT molecular complexity index is 476. The van der Waals surface area contributed by atoms with E-state index >= 15 is 0 Å². The maximum absolute atomic E-state index is 12.3. The van der Waals surface area contributed by atoms with Gasteiger partial charge in [-0.1, -0.05) is 13.0 Å². The van der Waals surface area contributed by atoms with Crippen LogP contribution in [0.1, 0.15) is 42.1 Å². The molecule has 3 nitrogen and oxygen atoms in total.